The molecule has 0 aliphatic rings. The number of amides is 1. The van der Waals surface area contributed by atoms with E-state index in [1.807, 2.05) is 0 Å². The molecule has 0 saturated carbocycles. The van der Waals surface area contributed by atoms with Gasteiger partial charge in [-0.05, 0) is 61.5 Å². The van der Waals surface area contributed by atoms with Gasteiger partial charge >= 0.3 is 0 Å². The molecule has 1 amide bonds. The third-order valence-electron chi connectivity index (χ3n) is 4.19. The predicted octanol–water partition coefficient (Wildman–Crippen LogP) is 4.95. The zero-order chi connectivity index (χ0) is 21.0. The highest BCUT2D eigenvalue weighted by Crippen LogP contribution is 2.30. The van der Waals surface area contributed by atoms with Crippen LogP contribution in [0.1, 0.15) is 17.3 Å². The Hall–Kier alpha value is -2.90. The van der Waals surface area contributed by atoms with E-state index in [1.165, 1.54) is 46.8 Å². The second kappa shape index (κ2) is 8.63. The minimum Gasteiger partial charge on any atom is -0.322 e. The van der Waals surface area contributed by atoms with Crippen LogP contribution in [0.3, 0.4) is 0 Å². The molecule has 3 aromatic carbocycles. The van der Waals surface area contributed by atoms with Crippen molar-refractivity contribution in [3.05, 3.63) is 89.2 Å². The van der Waals surface area contributed by atoms with E-state index in [2.05, 4.69) is 5.32 Å². The number of sulfonamides is 1. The fraction of sp³-hybridized carbons (Fsp3) is 0.0952. The molecule has 8 heteroatoms. The molecule has 0 spiro atoms. The maximum Gasteiger partial charge on any atom is 0.265 e. The molecule has 0 atom stereocenters. The van der Waals surface area contributed by atoms with Crippen molar-refractivity contribution in [3.63, 3.8) is 0 Å². The molecule has 0 aliphatic carbocycles. The Balaban J connectivity index is 1.94. The van der Waals surface area contributed by atoms with E-state index in [0.717, 1.165) is 0 Å². The third kappa shape index (κ3) is 4.58. The topological polar surface area (TPSA) is 66.5 Å². The third-order valence-corrected chi connectivity index (χ3v) is 6.58. The maximum absolute atomic E-state index is 13.2. The van der Waals surface area contributed by atoms with Crippen LogP contribution in [0.25, 0.3) is 0 Å². The van der Waals surface area contributed by atoms with Gasteiger partial charge in [-0.25, -0.2) is 12.8 Å². The quantitative estimate of drug-likeness (QED) is 0.599. The van der Waals surface area contributed by atoms with Crippen LogP contribution in [0.2, 0.25) is 5.02 Å². The number of carbonyl (C=O) groups is 1. The van der Waals surface area contributed by atoms with Crippen LogP contribution in [-0.4, -0.2) is 20.9 Å². The van der Waals surface area contributed by atoms with Crippen LogP contribution in [0.4, 0.5) is 15.8 Å². The van der Waals surface area contributed by atoms with E-state index < -0.39 is 21.7 Å². The predicted molar refractivity (Wildman–Crippen MR) is 112 cm³/mol. The Morgan fingerprint density at radius 2 is 1.69 bits per heavy atom. The van der Waals surface area contributed by atoms with Crippen LogP contribution in [0.15, 0.2) is 77.7 Å². The van der Waals surface area contributed by atoms with Crippen molar-refractivity contribution in [1.29, 1.82) is 0 Å². The van der Waals surface area contributed by atoms with Crippen LogP contribution in [-0.2, 0) is 10.0 Å². The van der Waals surface area contributed by atoms with Crippen molar-refractivity contribution in [2.45, 2.75) is 11.8 Å². The maximum atomic E-state index is 13.2. The first-order chi connectivity index (χ1) is 13.8. The average Bonchev–Trinajstić information content (AvgIpc) is 2.71. The highest BCUT2D eigenvalue weighted by Gasteiger charge is 2.26. The number of para-hydroxylation sites is 1. The zero-order valence-electron chi connectivity index (χ0n) is 15.5. The van der Waals surface area contributed by atoms with Crippen molar-refractivity contribution < 1.29 is 17.6 Å². The Labute approximate surface area is 173 Å². The van der Waals surface area contributed by atoms with E-state index >= 15 is 0 Å². The second-order valence-electron chi connectivity index (χ2n) is 6.11. The Morgan fingerprint density at radius 3 is 2.31 bits per heavy atom. The summed E-state index contributed by atoms with van der Waals surface area (Å²) in [6, 6.07) is 17.9. The molecule has 1 N–H and O–H groups in total. The van der Waals surface area contributed by atoms with Crippen molar-refractivity contribution in [1.82, 2.24) is 0 Å². The number of hydrogen-bond acceptors (Lipinski definition) is 3. The zero-order valence-corrected chi connectivity index (χ0v) is 17.0. The van der Waals surface area contributed by atoms with Gasteiger partial charge in [-0.15, -0.1) is 0 Å². The molecular weight excluding hydrogens is 415 g/mol. The molecule has 0 saturated heterocycles. The van der Waals surface area contributed by atoms with Crippen LogP contribution in [0, 0.1) is 5.82 Å². The summed E-state index contributed by atoms with van der Waals surface area (Å²) in [7, 11) is -3.96. The molecule has 150 valence electrons. The van der Waals surface area contributed by atoms with Crippen LogP contribution < -0.4 is 9.62 Å². The lowest BCUT2D eigenvalue weighted by Gasteiger charge is -2.23. The fourth-order valence-electron chi connectivity index (χ4n) is 2.79. The Morgan fingerprint density at radius 1 is 1.03 bits per heavy atom. The highest BCUT2D eigenvalue weighted by atomic mass is 35.5. The number of rotatable bonds is 6. The van der Waals surface area contributed by atoms with E-state index in [0.29, 0.717) is 5.69 Å². The lowest BCUT2D eigenvalue weighted by Crippen LogP contribution is -2.31. The van der Waals surface area contributed by atoms with Gasteiger partial charge in [0, 0.05) is 17.8 Å². The van der Waals surface area contributed by atoms with Gasteiger partial charge < -0.3 is 5.32 Å². The molecule has 0 aliphatic heterocycles. The molecule has 3 rings (SSSR count). The van der Waals surface area contributed by atoms with Gasteiger partial charge in [-0.1, -0.05) is 29.8 Å². The number of carbonyl (C=O) groups excluding carboxylic acids is 1. The van der Waals surface area contributed by atoms with Crippen molar-refractivity contribution in [3.8, 4) is 0 Å². The summed E-state index contributed by atoms with van der Waals surface area (Å²) >= 11 is 6.18. The van der Waals surface area contributed by atoms with E-state index in [9.17, 15) is 17.6 Å². The minimum absolute atomic E-state index is 0.0409. The molecule has 0 radical (unpaired) electrons. The molecule has 3 aromatic rings. The van der Waals surface area contributed by atoms with Crippen LogP contribution in [0.5, 0.6) is 0 Å². The first kappa shape index (κ1) is 20.8. The van der Waals surface area contributed by atoms with E-state index in [1.54, 1.807) is 37.3 Å². The minimum atomic E-state index is -3.96. The van der Waals surface area contributed by atoms with Crippen molar-refractivity contribution in [2.75, 3.05) is 16.2 Å². The molecule has 0 fully saturated rings. The Kier molecular flexibility index (Phi) is 6.20. The SMILES string of the molecule is CCN(c1ccccc1)S(=O)(=O)c1cc(NC(=O)c2ccc(F)cc2)ccc1Cl. The van der Waals surface area contributed by atoms with Crippen molar-refractivity contribution in [2.24, 2.45) is 0 Å². The second-order valence-corrected chi connectivity index (χ2v) is 8.35. The number of halogens is 2. The summed E-state index contributed by atoms with van der Waals surface area (Å²) < 4.78 is 40.7. The molecule has 0 bridgehead atoms. The average molecular weight is 433 g/mol. The summed E-state index contributed by atoms with van der Waals surface area (Å²) in [5.74, 6) is -0.951. The first-order valence-corrected chi connectivity index (χ1v) is 10.6. The van der Waals surface area contributed by atoms with Crippen LogP contribution >= 0.6 is 11.6 Å². The number of nitrogens with zero attached hydrogens (tertiary/aromatic N) is 1. The lowest BCUT2D eigenvalue weighted by molar-refractivity contribution is 0.102. The monoisotopic (exact) mass is 432 g/mol. The summed E-state index contributed by atoms with van der Waals surface area (Å²) in [5, 5.41) is 2.65. The summed E-state index contributed by atoms with van der Waals surface area (Å²) in [6.45, 7) is 1.92. The smallest absolute Gasteiger partial charge is 0.265 e. The van der Waals surface area contributed by atoms with E-state index in [-0.39, 0.29) is 27.7 Å². The lowest BCUT2D eigenvalue weighted by atomic mass is 10.2. The first-order valence-electron chi connectivity index (χ1n) is 8.77. The molecular formula is C21H18ClFN2O3S. The molecule has 29 heavy (non-hydrogen) atoms. The normalized spacial score (nSPS) is 11.1. The summed E-state index contributed by atoms with van der Waals surface area (Å²) in [5.41, 5.74) is 1.00. The van der Waals surface area contributed by atoms with Gasteiger partial charge in [-0.2, -0.15) is 0 Å². The van der Waals surface area contributed by atoms with Gasteiger partial charge in [0.15, 0.2) is 0 Å². The van der Waals surface area contributed by atoms with Gasteiger partial charge in [0.25, 0.3) is 15.9 Å². The molecule has 0 unspecified atom stereocenters. The van der Waals surface area contributed by atoms with Gasteiger partial charge in [0.1, 0.15) is 10.7 Å². The largest absolute Gasteiger partial charge is 0.322 e. The van der Waals surface area contributed by atoms with Gasteiger partial charge in [0.2, 0.25) is 0 Å². The van der Waals surface area contributed by atoms with Crippen molar-refractivity contribution >= 4 is 38.9 Å². The molecule has 5 nitrogen and oxygen atoms in total. The van der Waals surface area contributed by atoms with Gasteiger partial charge in [-0.3, -0.25) is 9.10 Å². The molecule has 0 aromatic heterocycles. The number of hydrogen-bond donors (Lipinski definition) is 1. The standard InChI is InChI=1S/C21H18ClFN2O3S/c1-2-25(18-6-4-3-5-7-18)29(27,28)20-14-17(12-13-19(20)22)24-21(26)15-8-10-16(23)11-9-15/h3-14H,2H2,1H3,(H,24,26). The fourth-order valence-corrected chi connectivity index (χ4v) is 4.76. The van der Waals surface area contributed by atoms with Gasteiger partial charge in [0.05, 0.1) is 10.7 Å². The Bertz CT molecular complexity index is 1120. The molecule has 0 heterocycles. The summed E-state index contributed by atoms with van der Waals surface area (Å²) in [4.78, 5) is 12.2. The number of nitrogens with one attached hydrogen (secondary N) is 1. The van der Waals surface area contributed by atoms with E-state index in [4.69, 9.17) is 11.6 Å². The summed E-state index contributed by atoms with van der Waals surface area (Å²) in [6.07, 6.45) is 0. The number of anilines is 2. The number of benzene rings is 3. The highest BCUT2D eigenvalue weighted by molar-refractivity contribution is 7.93.